The van der Waals surface area contributed by atoms with Crippen LogP contribution < -0.4 is 5.32 Å². The van der Waals surface area contributed by atoms with E-state index in [1.54, 1.807) is 23.1 Å². The third-order valence-electron chi connectivity index (χ3n) is 4.28. The number of amides is 1. The monoisotopic (exact) mass is 419 g/mol. The zero-order chi connectivity index (χ0) is 18.8. The quantitative estimate of drug-likeness (QED) is 0.557. The molecule has 1 aliphatic rings. The standard InChI is InChI=1S/C18H21N5OS3/c1-3-23-15(10-25-18-20-13-6-4-5-7-14(13)27-18)21-22-17(23)26-11(2)16(24)19-12-8-9-12/h4-7,11-12H,3,8-10H2,1-2H3,(H,19,24)/t11-/m0/s1. The Morgan fingerprint density at radius 1 is 1.37 bits per heavy atom. The van der Waals surface area contributed by atoms with Crippen LogP contribution in [0, 0.1) is 0 Å². The molecule has 2 aromatic heterocycles. The Balaban J connectivity index is 1.41. The largest absolute Gasteiger partial charge is 0.352 e. The van der Waals surface area contributed by atoms with Gasteiger partial charge in [0.1, 0.15) is 5.82 Å². The maximum Gasteiger partial charge on any atom is 0.233 e. The van der Waals surface area contributed by atoms with Crippen LogP contribution in [0.5, 0.6) is 0 Å². The first-order valence-corrected chi connectivity index (χ1v) is 11.7. The molecular formula is C18H21N5OS3. The number of fused-ring (bicyclic) bond motifs is 1. The molecule has 0 unspecified atom stereocenters. The number of thioether (sulfide) groups is 2. The molecule has 1 N–H and O–H groups in total. The van der Waals surface area contributed by atoms with Crippen molar-refractivity contribution in [2.45, 2.75) is 59.8 Å². The van der Waals surface area contributed by atoms with Crippen molar-refractivity contribution in [2.75, 3.05) is 0 Å². The van der Waals surface area contributed by atoms with Gasteiger partial charge in [-0.3, -0.25) is 4.79 Å². The van der Waals surface area contributed by atoms with Gasteiger partial charge < -0.3 is 9.88 Å². The number of hydrogen-bond acceptors (Lipinski definition) is 7. The van der Waals surface area contributed by atoms with Crippen LogP contribution in [0.4, 0.5) is 0 Å². The van der Waals surface area contributed by atoms with Crippen LogP contribution in [-0.2, 0) is 17.1 Å². The highest BCUT2D eigenvalue weighted by atomic mass is 32.2. The predicted molar refractivity (Wildman–Crippen MR) is 111 cm³/mol. The summed E-state index contributed by atoms with van der Waals surface area (Å²) in [6, 6.07) is 8.55. The Morgan fingerprint density at radius 3 is 2.93 bits per heavy atom. The van der Waals surface area contributed by atoms with E-state index >= 15 is 0 Å². The molecule has 0 bridgehead atoms. The Hall–Kier alpha value is -1.58. The molecule has 6 nitrogen and oxygen atoms in total. The average Bonchev–Trinajstić information content (AvgIpc) is 3.25. The maximum atomic E-state index is 12.2. The second-order valence-corrected chi connectivity index (χ2v) is 9.98. The van der Waals surface area contributed by atoms with Crippen molar-refractivity contribution < 1.29 is 4.79 Å². The molecule has 0 radical (unpaired) electrons. The van der Waals surface area contributed by atoms with Gasteiger partial charge in [-0.1, -0.05) is 35.7 Å². The molecule has 1 fully saturated rings. The highest BCUT2D eigenvalue weighted by Crippen LogP contribution is 2.32. The number of carbonyl (C=O) groups is 1. The Kier molecular flexibility index (Phi) is 5.70. The number of carbonyl (C=O) groups excluding carboxylic acids is 1. The topological polar surface area (TPSA) is 72.7 Å². The lowest BCUT2D eigenvalue weighted by atomic mass is 10.3. The molecule has 142 valence electrons. The number of thiazole rings is 1. The van der Waals surface area contributed by atoms with E-state index in [-0.39, 0.29) is 11.2 Å². The van der Waals surface area contributed by atoms with Gasteiger partial charge >= 0.3 is 0 Å². The molecule has 1 saturated carbocycles. The van der Waals surface area contributed by atoms with Gasteiger partial charge in [-0.15, -0.1) is 21.5 Å². The van der Waals surface area contributed by atoms with Gasteiger partial charge in [0.25, 0.3) is 0 Å². The van der Waals surface area contributed by atoms with Gasteiger partial charge in [0.15, 0.2) is 9.50 Å². The lowest BCUT2D eigenvalue weighted by Gasteiger charge is -2.12. The maximum absolute atomic E-state index is 12.2. The first kappa shape index (κ1) is 18.8. The molecule has 1 aliphatic carbocycles. The first-order valence-electron chi connectivity index (χ1n) is 9.01. The lowest BCUT2D eigenvalue weighted by molar-refractivity contribution is -0.120. The first-order chi connectivity index (χ1) is 13.1. The summed E-state index contributed by atoms with van der Waals surface area (Å²) in [6.45, 7) is 4.78. The molecule has 4 rings (SSSR count). The van der Waals surface area contributed by atoms with Crippen LogP contribution in [0.3, 0.4) is 0 Å². The number of rotatable bonds is 8. The van der Waals surface area contributed by atoms with Crippen molar-refractivity contribution in [1.29, 1.82) is 0 Å². The third kappa shape index (κ3) is 4.47. The van der Waals surface area contributed by atoms with E-state index in [1.165, 1.54) is 16.5 Å². The van der Waals surface area contributed by atoms with Crippen molar-refractivity contribution >= 4 is 51.0 Å². The molecular weight excluding hydrogens is 398 g/mol. The number of para-hydroxylation sites is 1. The van der Waals surface area contributed by atoms with Crippen molar-refractivity contribution in [3.05, 3.63) is 30.1 Å². The number of nitrogens with zero attached hydrogens (tertiary/aromatic N) is 4. The van der Waals surface area contributed by atoms with Gasteiger partial charge in [0.05, 0.1) is 21.2 Å². The van der Waals surface area contributed by atoms with E-state index in [9.17, 15) is 4.79 Å². The Bertz CT molecular complexity index is 917. The second kappa shape index (κ2) is 8.20. The molecule has 1 atom stereocenters. The minimum absolute atomic E-state index is 0.0820. The van der Waals surface area contributed by atoms with E-state index in [2.05, 4.69) is 38.1 Å². The zero-order valence-corrected chi connectivity index (χ0v) is 17.7. The van der Waals surface area contributed by atoms with E-state index in [1.807, 2.05) is 25.1 Å². The molecule has 1 amide bonds. The van der Waals surface area contributed by atoms with Crippen molar-refractivity contribution in [1.82, 2.24) is 25.1 Å². The summed E-state index contributed by atoms with van der Waals surface area (Å²) < 4.78 is 4.32. The SMILES string of the molecule is CCn1c(CSc2nc3ccccc3s2)nnc1S[C@@H](C)C(=O)NC1CC1. The molecule has 3 aromatic rings. The van der Waals surface area contributed by atoms with Crippen LogP contribution in [0.15, 0.2) is 33.8 Å². The lowest BCUT2D eigenvalue weighted by Crippen LogP contribution is -2.32. The third-order valence-corrected chi connectivity index (χ3v) is 7.54. The van der Waals surface area contributed by atoms with Gasteiger partial charge in [0, 0.05) is 12.6 Å². The summed E-state index contributed by atoms with van der Waals surface area (Å²) in [5, 5.41) is 12.4. The summed E-state index contributed by atoms with van der Waals surface area (Å²) in [5.74, 6) is 1.71. The normalized spacial score (nSPS) is 15.2. The summed E-state index contributed by atoms with van der Waals surface area (Å²) in [7, 11) is 0. The van der Waals surface area contributed by atoms with Crippen molar-refractivity contribution in [3.8, 4) is 0 Å². The second-order valence-electron chi connectivity index (χ2n) is 6.42. The molecule has 9 heteroatoms. The molecule has 2 heterocycles. The minimum atomic E-state index is -0.176. The van der Waals surface area contributed by atoms with E-state index in [4.69, 9.17) is 0 Å². The summed E-state index contributed by atoms with van der Waals surface area (Å²) in [5.41, 5.74) is 1.04. The fourth-order valence-electron chi connectivity index (χ4n) is 2.63. The van der Waals surface area contributed by atoms with Crippen molar-refractivity contribution in [3.63, 3.8) is 0 Å². The summed E-state index contributed by atoms with van der Waals surface area (Å²) in [6.07, 6.45) is 2.20. The van der Waals surface area contributed by atoms with Gasteiger partial charge in [0.2, 0.25) is 5.91 Å². The fraction of sp³-hybridized carbons (Fsp3) is 0.444. The van der Waals surface area contributed by atoms with Crippen LogP contribution in [0.2, 0.25) is 0 Å². The predicted octanol–water partition coefficient (Wildman–Crippen LogP) is 3.96. The number of benzene rings is 1. The minimum Gasteiger partial charge on any atom is -0.352 e. The molecule has 0 saturated heterocycles. The number of nitrogens with one attached hydrogen (secondary N) is 1. The molecule has 0 spiro atoms. The zero-order valence-electron chi connectivity index (χ0n) is 15.2. The van der Waals surface area contributed by atoms with Crippen LogP contribution in [0.1, 0.15) is 32.5 Å². The van der Waals surface area contributed by atoms with E-state index < -0.39 is 0 Å². The van der Waals surface area contributed by atoms with Crippen LogP contribution >= 0.6 is 34.9 Å². The summed E-state index contributed by atoms with van der Waals surface area (Å²) in [4.78, 5) is 16.9. The Morgan fingerprint density at radius 2 is 2.19 bits per heavy atom. The van der Waals surface area contributed by atoms with E-state index in [0.29, 0.717) is 11.8 Å². The fourth-order valence-corrected chi connectivity index (χ4v) is 5.58. The summed E-state index contributed by atoms with van der Waals surface area (Å²) >= 11 is 4.85. The van der Waals surface area contributed by atoms with Crippen LogP contribution in [0.25, 0.3) is 10.2 Å². The molecule has 1 aromatic carbocycles. The molecule has 0 aliphatic heterocycles. The van der Waals surface area contributed by atoms with Crippen molar-refractivity contribution in [2.24, 2.45) is 0 Å². The van der Waals surface area contributed by atoms with E-state index in [0.717, 1.165) is 40.2 Å². The number of hydrogen-bond donors (Lipinski definition) is 1. The molecule has 27 heavy (non-hydrogen) atoms. The smallest absolute Gasteiger partial charge is 0.233 e. The van der Waals surface area contributed by atoms with Gasteiger partial charge in [-0.05, 0) is 38.8 Å². The van der Waals surface area contributed by atoms with Crippen LogP contribution in [-0.4, -0.2) is 36.9 Å². The van der Waals surface area contributed by atoms with Gasteiger partial charge in [-0.2, -0.15) is 0 Å². The van der Waals surface area contributed by atoms with Gasteiger partial charge in [-0.25, -0.2) is 4.98 Å². The number of aromatic nitrogens is 4. The average molecular weight is 420 g/mol. The Labute approximate surface area is 170 Å². The highest BCUT2D eigenvalue weighted by Gasteiger charge is 2.27. The highest BCUT2D eigenvalue weighted by molar-refractivity contribution is 8.00.